The molecule has 0 radical (unpaired) electrons. The summed E-state index contributed by atoms with van der Waals surface area (Å²) < 4.78 is 5.25. The molecular formula is C21H18N4O2. The Morgan fingerprint density at radius 2 is 1.93 bits per heavy atom. The summed E-state index contributed by atoms with van der Waals surface area (Å²) in [4.78, 5) is 20.9. The average Bonchev–Trinajstić information content (AvgIpc) is 3.16. The largest absolute Gasteiger partial charge is 0.339 e. The van der Waals surface area contributed by atoms with Gasteiger partial charge in [-0.15, -0.1) is 0 Å². The number of hydrogen-bond donors (Lipinski definition) is 1. The number of carbonyl (C=O) groups excluding carboxylic acids is 1. The first-order chi connectivity index (χ1) is 13.2. The highest BCUT2D eigenvalue weighted by Crippen LogP contribution is 2.18. The molecule has 0 spiro atoms. The zero-order valence-corrected chi connectivity index (χ0v) is 14.8. The van der Waals surface area contributed by atoms with Crippen molar-refractivity contribution in [2.45, 2.75) is 19.8 Å². The van der Waals surface area contributed by atoms with Crippen LogP contribution in [-0.4, -0.2) is 21.0 Å². The smallest absolute Gasteiger partial charge is 0.227 e. The Balaban J connectivity index is 1.37. The van der Waals surface area contributed by atoms with E-state index in [0.29, 0.717) is 23.8 Å². The number of fused-ring (bicyclic) bond motifs is 1. The van der Waals surface area contributed by atoms with Gasteiger partial charge in [-0.3, -0.25) is 9.78 Å². The van der Waals surface area contributed by atoms with Crippen LogP contribution in [-0.2, 0) is 11.2 Å². The van der Waals surface area contributed by atoms with Crippen molar-refractivity contribution in [1.29, 1.82) is 0 Å². The number of amides is 1. The Bertz CT molecular complexity index is 1090. The lowest BCUT2D eigenvalue weighted by Gasteiger charge is -2.05. The van der Waals surface area contributed by atoms with Crippen molar-refractivity contribution < 1.29 is 9.32 Å². The molecule has 2 heterocycles. The van der Waals surface area contributed by atoms with Gasteiger partial charge >= 0.3 is 0 Å². The van der Waals surface area contributed by atoms with Crippen molar-refractivity contribution in [1.82, 2.24) is 15.1 Å². The molecule has 0 aliphatic carbocycles. The molecule has 0 saturated heterocycles. The normalized spacial score (nSPS) is 10.9. The molecule has 0 atom stereocenters. The van der Waals surface area contributed by atoms with Gasteiger partial charge in [-0.25, -0.2) is 0 Å². The van der Waals surface area contributed by atoms with Crippen molar-refractivity contribution in [2.75, 3.05) is 5.32 Å². The Hall–Kier alpha value is -3.54. The van der Waals surface area contributed by atoms with Crippen molar-refractivity contribution in [3.63, 3.8) is 0 Å². The second kappa shape index (κ2) is 7.37. The maximum Gasteiger partial charge on any atom is 0.227 e. The lowest BCUT2D eigenvalue weighted by molar-refractivity contribution is -0.116. The maximum absolute atomic E-state index is 12.2. The minimum atomic E-state index is -0.123. The Kier molecular flexibility index (Phi) is 4.61. The van der Waals surface area contributed by atoms with Crippen molar-refractivity contribution in [2.24, 2.45) is 0 Å². The predicted molar refractivity (Wildman–Crippen MR) is 103 cm³/mol. The van der Waals surface area contributed by atoms with E-state index < -0.39 is 0 Å². The van der Waals surface area contributed by atoms with Gasteiger partial charge in [-0.05, 0) is 19.1 Å². The van der Waals surface area contributed by atoms with Gasteiger partial charge in [0.25, 0.3) is 0 Å². The van der Waals surface area contributed by atoms with Gasteiger partial charge < -0.3 is 9.84 Å². The van der Waals surface area contributed by atoms with Crippen molar-refractivity contribution in [3.05, 3.63) is 72.2 Å². The maximum atomic E-state index is 12.2. The molecule has 0 unspecified atom stereocenters. The highest BCUT2D eigenvalue weighted by atomic mass is 16.5. The number of nitrogens with zero attached hydrogens (tertiary/aromatic N) is 3. The number of para-hydroxylation sites is 1. The van der Waals surface area contributed by atoms with Crippen LogP contribution >= 0.6 is 0 Å². The molecule has 6 heteroatoms. The molecule has 27 heavy (non-hydrogen) atoms. The molecule has 0 bridgehead atoms. The number of aryl methyl sites for hydroxylation is 2. The molecule has 0 saturated carbocycles. The molecule has 0 aliphatic heterocycles. The molecule has 4 rings (SSSR count). The van der Waals surface area contributed by atoms with Crippen LogP contribution in [0.5, 0.6) is 0 Å². The van der Waals surface area contributed by atoms with Gasteiger partial charge in [0.2, 0.25) is 17.6 Å². The van der Waals surface area contributed by atoms with Crippen molar-refractivity contribution in [3.8, 4) is 11.4 Å². The van der Waals surface area contributed by atoms with Gasteiger partial charge in [0.1, 0.15) is 0 Å². The van der Waals surface area contributed by atoms with Crippen LogP contribution in [0.3, 0.4) is 0 Å². The zero-order chi connectivity index (χ0) is 18.6. The van der Waals surface area contributed by atoms with E-state index in [2.05, 4.69) is 20.4 Å². The van der Waals surface area contributed by atoms with Gasteiger partial charge in [0.15, 0.2) is 0 Å². The third-order valence-electron chi connectivity index (χ3n) is 4.22. The van der Waals surface area contributed by atoms with Gasteiger partial charge in [0.05, 0.1) is 17.4 Å². The van der Waals surface area contributed by atoms with E-state index in [1.807, 2.05) is 61.5 Å². The fourth-order valence-electron chi connectivity index (χ4n) is 2.76. The summed E-state index contributed by atoms with van der Waals surface area (Å²) >= 11 is 0. The molecule has 1 amide bonds. The van der Waals surface area contributed by atoms with Gasteiger partial charge in [-0.2, -0.15) is 4.98 Å². The first-order valence-electron chi connectivity index (χ1n) is 8.72. The van der Waals surface area contributed by atoms with Crippen LogP contribution in [0.15, 0.2) is 65.3 Å². The number of pyridine rings is 1. The third-order valence-corrected chi connectivity index (χ3v) is 4.22. The SMILES string of the molecule is Cc1ccc(-c2noc(CCC(=O)Nc3cnc4ccccc4c3)n2)cc1. The predicted octanol–water partition coefficient (Wildman–Crippen LogP) is 4.16. The first-order valence-corrected chi connectivity index (χ1v) is 8.72. The molecule has 1 N–H and O–H groups in total. The minimum Gasteiger partial charge on any atom is -0.339 e. The molecule has 0 fully saturated rings. The van der Waals surface area contributed by atoms with Crippen molar-refractivity contribution >= 4 is 22.5 Å². The summed E-state index contributed by atoms with van der Waals surface area (Å²) in [5.41, 5.74) is 3.62. The number of anilines is 1. The fourth-order valence-corrected chi connectivity index (χ4v) is 2.76. The lowest BCUT2D eigenvalue weighted by atomic mass is 10.1. The summed E-state index contributed by atoms with van der Waals surface area (Å²) in [6, 6.07) is 17.6. The number of benzene rings is 2. The van der Waals surface area contributed by atoms with E-state index in [-0.39, 0.29) is 12.3 Å². The minimum absolute atomic E-state index is 0.123. The van der Waals surface area contributed by atoms with Crippen LogP contribution < -0.4 is 5.32 Å². The number of aromatic nitrogens is 3. The Morgan fingerprint density at radius 3 is 2.78 bits per heavy atom. The Morgan fingerprint density at radius 1 is 1.11 bits per heavy atom. The zero-order valence-electron chi connectivity index (χ0n) is 14.8. The standard InChI is InChI=1S/C21H18N4O2/c1-14-6-8-15(9-7-14)21-24-20(27-25-21)11-10-19(26)23-17-12-16-4-2-3-5-18(16)22-13-17/h2-9,12-13H,10-11H2,1H3,(H,23,26). The summed E-state index contributed by atoms with van der Waals surface area (Å²) in [5, 5.41) is 7.82. The third kappa shape index (κ3) is 4.00. The van der Waals surface area contributed by atoms with Crippen LogP contribution in [0, 0.1) is 6.92 Å². The fraction of sp³-hybridized carbons (Fsp3) is 0.143. The summed E-state index contributed by atoms with van der Waals surface area (Å²) in [6.45, 7) is 2.02. The molecule has 4 aromatic rings. The van der Waals surface area contributed by atoms with Crippen LogP contribution in [0.25, 0.3) is 22.3 Å². The van der Waals surface area contributed by atoms with Crippen LogP contribution in [0.4, 0.5) is 5.69 Å². The summed E-state index contributed by atoms with van der Waals surface area (Å²) in [6.07, 6.45) is 2.29. The number of carbonyl (C=O) groups is 1. The first kappa shape index (κ1) is 16.9. The van der Waals surface area contributed by atoms with E-state index in [0.717, 1.165) is 16.5 Å². The molecule has 134 valence electrons. The number of nitrogens with one attached hydrogen (secondary N) is 1. The topological polar surface area (TPSA) is 80.9 Å². The van der Waals surface area contributed by atoms with Crippen LogP contribution in [0.1, 0.15) is 17.9 Å². The second-order valence-electron chi connectivity index (χ2n) is 6.34. The summed E-state index contributed by atoms with van der Waals surface area (Å²) in [7, 11) is 0. The Labute approximate surface area is 156 Å². The number of rotatable bonds is 5. The average molecular weight is 358 g/mol. The quantitative estimate of drug-likeness (QED) is 0.579. The van der Waals surface area contributed by atoms with Gasteiger partial charge in [-0.1, -0.05) is 53.2 Å². The number of hydrogen-bond acceptors (Lipinski definition) is 5. The van der Waals surface area contributed by atoms with E-state index in [1.54, 1.807) is 6.20 Å². The highest BCUT2D eigenvalue weighted by molar-refractivity contribution is 5.93. The van der Waals surface area contributed by atoms with E-state index in [1.165, 1.54) is 5.56 Å². The van der Waals surface area contributed by atoms with E-state index in [4.69, 9.17) is 4.52 Å². The lowest BCUT2D eigenvalue weighted by Crippen LogP contribution is -2.12. The van der Waals surface area contributed by atoms with Crippen LogP contribution in [0.2, 0.25) is 0 Å². The van der Waals surface area contributed by atoms with E-state index >= 15 is 0 Å². The molecule has 2 aromatic carbocycles. The second-order valence-corrected chi connectivity index (χ2v) is 6.34. The molecule has 6 nitrogen and oxygen atoms in total. The molecule has 0 aliphatic rings. The summed E-state index contributed by atoms with van der Waals surface area (Å²) in [5.74, 6) is 0.851. The van der Waals surface area contributed by atoms with E-state index in [9.17, 15) is 4.79 Å². The molecule has 2 aromatic heterocycles. The molecular weight excluding hydrogens is 340 g/mol. The monoisotopic (exact) mass is 358 g/mol. The highest BCUT2D eigenvalue weighted by Gasteiger charge is 2.11. The van der Waals surface area contributed by atoms with Gasteiger partial charge in [0, 0.05) is 23.8 Å².